The monoisotopic (exact) mass is 536 g/mol. The van der Waals surface area contributed by atoms with Gasteiger partial charge < -0.3 is 15.2 Å². The first-order chi connectivity index (χ1) is 13.4. The molecule has 2 rings (SSSR count). The van der Waals surface area contributed by atoms with Gasteiger partial charge in [0.2, 0.25) is 10.0 Å². The third-order valence-electron chi connectivity index (χ3n) is 3.69. The number of halogens is 1. The molecule has 1 aromatic carbocycles. The third-order valence-corrected chi connectivity index (χ3v) is 5.14. The molecule has 0 aliphatic rings. The van der Waals surface area contributed by atoms with Gasteiger partial charge in [-0.05, 0) is 25.1 Å². The van der Waals surface area contributed by atoms with Gasteiger partial charge in [0.05, 0.1) is 16.4 Å². The second kappa shape index (κ2) is 12.4. The van der Waals surface area contributed by atoms with Crippen molar-refractivity contribution in [2.45, 2.75) is 18.4 Å². The predicted octanol–water partition coefficient (Wildman–Crippen LogP) is 1.55. The second-order valence-electron chi connectivity index (χ2n) is 5.76. The van der Waals surface area contributed by atoms with Crippen LogP contribution in [0.5, 0.6) is 0 Å². The van der Waals surface area contributed by atoms with Crippen LogP contribution in [0, 0.1) is 10.1 Å². The van der Waals surface area contributed by atoms with Gasteiger partial charge in [-0.2, -0.15) is 0 Å². The summed E-state index contributed by atoms with van der Waals surface area (Å²) >= 11 is 0. The standard InChI is InChI=1S/C17H24N6O4S.HI/c1-2-18-17(20-10-13-22-11-3-4-12-22)19-8-9-21-28(26,27)16-7-5-6-15(14-16)23(24)25;/h3-7,11-12,14,21H,2,8-10,13H2,1H3,(H2,18,19,20);1H. The maximum atomic E-state index is 12.3. The lowest BCUT2D eigenvalue weighted by Crippen LogP contribution is -2.39. The van der Waals surface area contributed by atoms with Gasteiger partial charge in [0.15, 0.2) is 5.96 Å². The van der Waals surface area contributed by atoms with Crippen LogP contribution < -0.4 is 15.4 Å². The van der Waals surface area contributed by atoms with Crippen LogP contribution in [0.15, 0.2) is 58.7 Å². The van der Waals surface area contributed by atoms with Crippen molar-refractivity contribution in [2.75, 3.05) is 26.2 Å². The first-order valence-corrected chi connectivity index (χ1v) is 10.3. The lowest BCUT2D eigenvalue weighted by molar-refractivity contribution is -0.385. The number of non-ortho nitro benzene ring substituents is 1. The van der Waals surface area contributed by atoms with Crippen molar-refractivity contribution in [3.8, 4) is 0 Å². The van der Waals surface area contributed by atoms with Crippen molar-refractivity contribution in [2.24, 2.45) is 4.99 Å². The van der Waals surface area contributed by atoms with Crippen LogP contribution in [-0.4, -0.2) is 50.0 Å². The maximum Gasteiger partial charge on any atom is 0.270 e. The Morgan fingerprint density at radius 2 is 1.90 bits per heavy atom. The fourth-order valence-corrected chi connectivity index (χ4v) is 3.42. The van der Waals surface area contributed by atoms with Crippen LogP contribution in [0.25, 0.3) is 0 Å². The first-order valence-electron chi connectivity index (χ1n) is 8.79. The van der Waals surface area contributed by atoms with E-state index in [-0.39, 0.29) is 47.6 Å². The topological polar surface area (TPSA) is 131 Å². The van der Waals surface area contributed by atoms with Gasteiger partial charge in [-0.1, -0.05) is 6.07 Å². The number of aromatic nitrogens is 1. The van der Waals surface area contributed by atoms with E-state index in [0.29, 0.717) is 19.0 Å². The molecule has 0 saturated carbocycles. The number of nitro benzene ring substituents is 1. The molecule has 10 nitrogen and oxygen atoms in total. The number of nitrogens with zero attached hydrogens (tertiary/aromatic N) is 3. The van der Waals surface area contributed by atoms with E-state index in [0.717, 1.165) is 12.6 Å². The molecule has 160 valence electrons. The zero-order valence-corrected chi connectivity index (χ0v) is 19.1. The van der Waals surface area contributed by atoms with Crippen molar-refractivity contribution < 1.29 is 13.3 Å². The number of nitro groups is 1. The summed E-state index contributed by atoms with van der Waals surface area (Å²) in [6.45, 7) is 4.34. The lowest BCUT2D eigenvalue weighted by atomic mass is 10.3. The van der Waals surface area contributed by atoms with E-state index in [1.807, 2.05) is 36.0 Å². The minimum atomic E-state index is -3.84. The van der Waals surface area contributed by atoms with Crippen LogP contribution in [0.3, 0.4) is 0 Å². The Balaban J connectivity index is 0.00000420. The minimum Gasteiger partial charge on any atom is -0.357 e. The summed E-state index contributed by atoms with van der Waals surface area (Å²) in [5.41, 5.74) is -0.276. The Morgan fingerprint density at radius 3 is 2.55 bits per heavy atom. The van der Waals surface area contributed by atoms with Crippen molar-refractivity contribution >= 4 is 45.6 Å². The van der Waals surface area contributed by atoms with Crippen LogP contribution in [0.1, 0.15) is 6.92 Å². The van der Waals surface area contributed by atoms with E-state index >= 15 is 0 Å². The van der Waals surface area contributed by atoms with E-state index in [1.54, 1.807) is 0 Å². The molecule has 0 atom stereocenters. The Kier molecular flexibility index (Phi) is 10.6. The summed E-state index contributed by atoms with van der Waals surface area (Å²) < 4.78 is 29.0. The molecule has 3 N–H and O–H groups in total. The highest BCUT2D eigenvalue weighted by molar-refractivity contribution is 14.0. The highest BCUT2D eigenvalue weighted by Gasteiger charge is 2.16. The highest BCUT2D eigenvalue weighted by Crippen LogP contribution is 2.16. The number of sulfonamides is 1. The molecule has 12 heteroatoms. The zero-order valence-electron chi connectivity index (χ0n) is 15.9. The number of hydrogen-bond donors (Lipinski definition) is 3. The molecule has 0 fully saturated rings. The van der Waals surface area contributed by atoms with Gasteiger partial charge in [0, 0.05) is 50.7 Å². The Morgan fingerprint density at radius 1 is 1.17 bits per heavy atom. The molecule has 2 aromatic rings. The first kappa shape index (κ1) is 24.8. The smallest absolute Gasteiger partial charge is 0.270 e. The van der Waals surface area contributed by atoms with Crippen molar-refractivity contribution in [3.05, 3.63) is 58.9 Å². The predicted molar refractivity (Wildman–Crippen MR) is 122 cm³/mol. The van der Waals surface area contributed by atoms with Crippen molar-refractivity contribution in [1.82, 2.24) is 19.9 Å². The normalized spacial score (nSPS) is 11.6. The summed E-state index contributed by atoms with van der Waals surface area (Å²) in [6, 6.07) is 8.82. The number of hydrogen-bond acceptors (Lipinski definition) is 5. The number of guanidine groups is 1. The lowest BCUT2D eigenvalue weighted by Gasteiger charge is -2.12. The molecule has 0 unspecified atom stereocenters. The van der Waals surface area contributed by atoms with Crippen molar-refractivity contribution in [1.29, 1.82) is 0 Å². The molecule has 29 heavy (non-hydrogen) atoms. The Bertz CT molecular complexity index is 902. The summed E-state index contributed by atoms with van der Waals surface area (Å²) in [4.78, 5) is 14.3. The largest absolute Gasteiger partial charge is 0.357 e. The maximum absolute atomic E-state index is 12.3. The molecule has 0 bridgehead atoms. The average Bonchev–Trinajstić information content (AvgIpc) is 3.18. The SMILES string of the molecule is CCNC(=NCCNS(=O)(=O)c1cccc([N+](=O)[O-])c1)NCCn1cccc1.I. The van der Waals surface area contributed by atoms with Gasteiger partial charge in [-0.3, -0.25) is 15.1 Å². The van der Waals surface area contributed by atoms with E-state index < -0.39 is 14.9 Å². The van der Waals surface area contributed by atoms with Gasteiger partial charge in [0.1, 0.15) is 0 Å². The summed E-state index contributed by atoms with van der Waals surface area (Å²) in [5.74, 6) is 0.587. The molecule has 0 saturated heterocycles. The molecular formula is C17H25IN6O4S. The number of nitrogens with one attached hydrogen (secondary N) is 3. The summed E-state index contributed by atoms with van der Waals surface area (Å²) in [7, 11) is -3.84. The minimum absolute atomic E-state index is 0. The molecule has 0 amide bonds. The molecule has 0 aliphatic carbocycles. The van der Waals surface area contributed by atoms with E-state index in [9.17, 15) is 18.5 Å². The van der Waals surface area contributed by atoms with Gasteiger partial charge in [-0.15, -0.1) is 24.0 Å². The Hall–Kier alpha value is -2.19. The molecule has 1 heterocycles. The van der Waals surface area contributed by atoms with Crippen LogP contribution in [-0.2, 0) is 16.6 Å². The summed E-state index contributed by atoms with van der Waals surface area (Å²) in [5, 5.41) is 17.1. The van der Waals surface area contributed by atoms with E-state index in [1.165, 1.54) is 18.2 Å². The van der Waals surface area contributed by atoms with Crippen LogP contribution in [0.4, 0.5) is 5.69 Å². The van der Waals surface area contributed by atoms with Gasteiger partial charge in [0.25, 0.3) is 5.69 Å². The fraction of sp³-hybridized carbons (Fsp3) is 0.353. The number of benzene rings is 1. The Labute approximate surface area is 187 Å². The van der Waals surface area contributed by atoms with Crippen molar-refractivity contribution in [3.63, 3.8) is 0 Å². The summed E-state index contributed by atoms with van der Waals surface area (Å²) in [6.07, 6.45) is 3.93. The van der Waals surface area contributed by atoms with E-state index in [4.69, 9.17) is 0 Å². The van der Waals surface area contributed by atoms with Crippen LogP contribution in [0.2, 0.25) is 0 Å². The fourth-order valence-electron chi connectivity index (χ4n) is 2.36. The number of aliphatic imine (C=N–C) groups is 1. The van der Waals surface area contributed by atoms with Gasteiger partial charge >= 0.3 is 0 Å². The zero-order chi connectivity index (χ0) is 20.4. The average molecular weight is 536 g/mol. The van der Waals surface area contributed by atoms with Gasteiger partial charge in [-0.25, -0.2) is 13.1 Å². The molecular weight excluding hydrogens is 511 g/mol. The van der Waals surface area contributed by atoms with Crippen LogP contribution >= 0.6 is 24.0 Å². The molecule has 0 spiro atoms. The third kappa shape index (κ3) is 8.37. The second-order valence-corrected chi connectivity index (χ2v) is 7.53. The number of rotatable bonds is 10. The van der Waals surface area contributed by atoms with E-state index in [2.05, 4.69) is 20.3 Å². The molecule has 0 radical (unpaired) electrons. The molecule has 1 aromatic heterocycles. The quantitative estimate of drug-likeness (QED) is 0.106. The highest BCUT2D eigenvalue weighted by atomic mass is 127. The molecule has 0 aliphatic heterocycles.